The minimum atomic E-state index is 0.484. The molecule has 2 aliphatic rings. The Bertz CT molecular complexity index is 85.1. The molecule has 0 aromatic carbocycles. The third kappa shape index (κ3) is 1.10. The molecule has 2 fully saturated rings. The molecule has 2 bridgehead atoms. The lowest BCUT2D eigenvalue weighted by atomic mass is 10.0. The van der Waals surface area contributed by atoms with E-state index < -0.39 is 0 Å². The van der Waals surface area contributed by atoms with Gasteiger partial charge in [0.25, 0.3) is 0 Å². The second kappa shape index (κ2) is 2.27. The van der Waals surface area contributed by atoms with Crippen molar-refractivity contribution in [2.75, 3.05) is 13.1 Å². The van der Waals surface area contributed by atoms with E-state index in [2.05, 4.69) is 5.32 Å². The van der Waals surface area contributed by atoms with Crippen molar-refractivity contribution in [3.63, 3.8) is 0 Å². The number of rotatable bonds is 0. The smallest absolute Gasteiger partial charge is 0.0720 e. The summed E-state index contributed by atoms with van der Waals surface area (Å²) in [6, 6.07) is 0. The molecule has 0 aliphatic carbocycles. The molecule has 1 radical (unpaired) electrons. The van der Waals surface area contributed by atoms with Gasteiger partial charge in [-0.05, 0) is 19.3 Å². The van der Waals surface area contributed by atoms with Crippen LogP contribution in [-0.4, -0.2) is 25.3 Å². The van der Waals surface area contributed by atoms with Gasteiger partial charge in [-0.2, -0.15) is 0 Å². The van der Waals surface area contributed by atoms with Gasteiger partial charge >= 0.3 is 0 Å². The van der Waals surface area contributed by atoms with Crippen LogP contribution >= 0.6 is 0 Å². The summed E-state index contributed by atoms with van der Waals surface area (Å²) < 4.78 is 5.63. The van der Waals surface area contributed by atoms with E-state index in [1.165, 1.54) is 19.3 Å². The normalized spacial score (nSPS) is 42.7. The van der Waals surface area contributed by atoms with E-state index in [0.29, 0.717) is 12.2 Å². The number of morpholine rings is 1. The van der Waals surface area contributed by atoms with Gasteiger partial charge in [-0.25, -0.2) is 5.32 Å². The van der Waals surface area contributed by atoms with Crippen molar-refractivity contribution in [1.29, 1.82) is 0 Å². The summed E-state index contributed by atoms with van der Waals surface area (Å²) in [5.41, 5.74) is 0. The summed E-state index contributed by atoms with van der Waals surface area (Å²) in [6.07, 6.45) is 4.79. The molecule has 2 unspecified atom stereocenters. The largest absolute Gasteiger partial charge is 0.372 e. The van der Waals surface area contributed by atoms with Crippen molar-refractivity contribution < 1.29 is 4.74 Å². The second-order valence-corrected chi connectivity index (χ2v) is 2.90. The molecular formula is C7H12NO. The zero-order valence-electron chi connectivity index (χ0n) is 5.55. The quantitative estimate of drug-likeness (QED) is 0.464. The van der Waals surface area contributed by atoms with Crippen LogP contribution in [0.4, 0.5) is 0 Å². The molecule has 9 heavy (non-hydrogen) atoms. The molecule has 0 aromatic heterocycles. The summed E-state index contributed by atoms with van der Waals surface area (Å²) in [4.78, 5) is 0. The van der Waals surface area contributed by atoms with Crippen LogP contribution < -0.4 is 5.32 Å². The third-order valence-corrected chi connectivity index (χ3v) is 2.10. The van der Waals surface area contributed by atoms with E-state index in [4.69, 9.17) is 4.74 Å². The molecule has 0 N–H and O–H groups in total. The van der Waals surface area contributed by atoms with Gasteiger partial charge in [-0.1, -0.05) is 0 Å². The lowest BCUT2D eigenvalue weighted by Crippen LogP contribution is -2.43. The summed E-state index contributed by atoms with van der Waals surface area (Å²) in [6.45, 7) is 1.91. The van der Waals surface area contributed by atoms with Crippen LogP contribution in [0.15, 0.2) is 0 Å². The molecule has 0 aromatic rings. The minimum absolute atomic E-state index is 0.484. The Kier molecular flexibility index (Phi) is 1.44. The number of ether oxygens (including phenoxy) is 1. The molecule has 2 heterocycles. The molecule has 2 saturated heterocycles. The number of hydrogen-bond donors (Lipinski definition) is 0. The first-order chi connectivity index (χ1) is 4.45. The Labute approximate surface area is 55.6 Å². The topological polar surface area (TPSA) is 23.3 Å². The number of nitrogens with zero attached hydrogens (tertiary/aromatic N) is 1. The fourth-order valence-corrected chi connectivity index (χ4v) is 1.61. The molecule has 51 valence electrons. The van der Waals surface area contributed by atoms with Gasteiger partial charge in [-0.3, -0.25) is 0 Å². The molecule has 2 aliphatic heterocycles. The number of hydrogen-bond acceptors (Lipinski definition) is 1. The maximum Gasteiger partial charge on any atom is 0.0720 e. The zero-order valence-corrected chi connectivity index (χ0v) is 5.55. The fourth-order valence-electron chi connectivity index (χ4n) is 1.61. The summed E-state index contributed by atoms with van der Waals surface area (Å²) in [5.74, 6) is 0. The Morgan fingerprint density at radius 3 is 2.33 bits per heavy atom. The van der Waals surface area contributed by atoms with Gasteiger partial charge in [0.2, 0.25) is 0 Å². The SMILES string of the molecule is C1CC2C[N]CC(C1)O2. The van der Waals surface area contributed by atoms with Crippen molar-refractivity contribution in [2.45, 2.75) is 31.5 Å². The van der Waals surface area contributed by atoms with Gasteiger partial charge in [0.1, 0.15) is 0 Å². The molecule has 2 atom stereocenters. The highest BCUT2D eigenvalue weighted by Crippen LogP contribution is 2.21. The number of fused-ring (bicyclic) bond motifs is 2. The monoisotopic (exact) mass is 126 g/mol. The molecule has 2 rings (SSSR count). The van der Waals surface area contributed by atoms with E-state index in [0.717, 1.165) is 13.1 Å². The molecule has 0 saturated carbocycles. The van der Waals surface area contributed by atoms with Crippen LogP contribution in [0.1, 0.15) is 19.3 Å². The van der Waals surface area contributed by atoms with Crippen molar-refractivity contribution in [1.82, 2.24) is 5.32 Å². The van der Waals surface area contributed by atoms with E-state index in [1.54, 1.807) is 0 Å². The summed E-state index contributed by atoms with van der Waals surface area (Å²) in [7, 11) is 0. The average Bonchev–Trinajstić information content (AvgIpc) is 1.88. The molecule has 0 spiro atoms. The Morgan fingerprint density at radius 1 is 1.11 bits per heavy atom. The van der Waals surface area contributed by atoms with E-state index in [-0.39, 0.29) is 0 Å². The van der Waals surface area contributed by atoms with E-state index in [1.807, 2.05) is 0 Å². The fraction of sp³-hybridized carbons (Fsp3) is 1.00. The van der Waals surface area contributed by atoms with E-state index in [9.17, 15) is 0 Å². The van der Waals surface area contributed by atoms with Crippen molar-refractivity contribution >= 4 is 0 Å². The first-order valence-corrected chi connectivity index (χ1v) is 3.74. The Hall–Kier alpha value is -0.0800. The highest BCUT2D eigenvalue weighted by atomic mass is 16.5. The average molecular weight is 126 g/mol. The van der Waals surface area contributed by atoms with Gasteiger partial charge in [0.15, 0.2) is 0 Å². The summed E-state index contributed by atoms with van der Waals surface area (Å²) in [5, 5.41) is 4.34. The van der Waals surface area contributed by atoms with Crippen molar-refractivity contribution in [3.8, 4) is 0 Å². The maximum atomic E-state index is 5.63. The van der Waals surface area contributed by atoms with Crippen molar-refractivity contribution in [2.24, 2.45) is 0 Å². The predicted octanol–water partition coefficient (Wildman–Crippen LogP) is 0.542. The maximum absolute atomic E-state index is 5.63. The standard InChI is InChI=1S/C7H12NO/c1-2-6-4-8-5-7(3-1)9-6/h6-7H,1-5H2. The molecule has 2 heteroatoms. The van der Waals surface area contributed by atoms with Crippen LogP contribution in [0.25, 0.3) is 0 Å². The Balaban J connectivity index is 1.96. The first kappa shape index (κ1) is 5.69. The lowest BCUT2D eigenvalue weighted by Gasteiger charge is -2.34. The van der Waals surface area contributed by atoms with Gasteiger partial charge < -0.3 is 4.74 Å². The second-order valence-electron chi connectivity index (χ2n) is 2.90. The van der Waals surface area contributed by atoms with Crippen LogP contribution in [0.2, 0.25) is 0 Å². The van der Waals surface area contributed by atoms with Crippen LogP contribution in [0.3, 0.4) is 0 Å². The lowest BCUT2D eigenvalue weighted by molar-refractivity contribution is -0.0718. The predicted molar refractivity (Wildman–Crippen MR) is 34.4 cm³/mol. The first-order valence-electron chi connectivity index (χ1n) is 3.74. The molecule has 2 nitrogen and oxygen atoms in total. The van der Waals surface area contributed by atoms with Crippen molar-refractivity contribution in [3.05, 3.63) is 0 Å². The minimum Gasteiger partial charge on any atom is -0.372 e. The van der Waals surface area contributed by atoms with Crippen LogP contribution in [0.5, 0.6) is 0 Å². The Morgan fingerprint density at radius 2 is 1.78 bits per heavy atom. The summed E-state index contributed by atoms with van der Waals surface area (Å²) >= 11 is 0. The van der Waals surface area contributed by atoms with Gasteiger partial charge in [0, 0.05) is 13.1 Å². The zero-order chi connectivity index (χ0) is 6.10. The highest BCUT2D eigenvalue weighted by Gasteiger charge is 2.26. The van der Waals surface area contributed by atoms with Gasteiger partial charge in [-0.15, -0.1) is 0 Å². The molecular weight excluding hydrogens is 114 g/mol. The molecule has 0 amide bonds. The van der Waals surface area contributed by atoms with E-state index >= 15 is 0 Å². The third-order valence-electron chi connectivity index (χ3n) is 2.10. The van der Waals surface area contributed by atoms with Gasteiger partial charge in [0.05, 0.1) is 12.2 Å². The highest BCUT2D eigenvalue weighted by molar-refractivity contribution is 4.78. The van der Waals surface area contributed by atoms with Crippen LogP contribution in [-0.2, 0) is 4.74 Å². The van der Waals surface area contributed by atoms with Crippen LogP contribution in [0, 0.1) is 0 Å².